The van der Waals surface area contributed by atoms with Crippen LogP contribution in [0.5, 0.6) is 0 Å². The second kappa shape index (κ2) is 12.0. The molecule has 0 radical (unpaired) electrons. The van der Waals surface area contributed by atoms with Crippen molar-refractivity contribution in [2.24, 2.45) is 0 Å². The Morgan fingerprint density at radius 1 is 1.22 bits per heavy atom. The highest BCUT2D eigenvalue weighted by molar-refractivity contribution is 6.33. The lowest BCUT2D eigenvalue weighted by molar-refractivity contribution is -0.126. The molecule has 3 heterocycles. The van der Waals surface area contributed by atoms with Crippen LogP contribution >= 0.6 is 11.6 Å². The molecule has 1 aliphatic carbocycles. The fraction of sp³-hybridized carbons (Fsp3) is 0.414. The van der Waals surface area contributed by atoms with Gasteiger partial charge in [-0.3, -0.25) is 9.59 Å². The first-order valence-electron chi connectivity index (χ1n) is 13.6. The Kier molecular flexibility index (Phi) is 8.39. The first-order valence-corrected chi connectivity index (χ1v) is 14.0. The van der Waals surface area contributed by atoms with Gasteiger partial charge in [-0.1, -0.05) is 29.8 Å². The van der Waals surface area contributed by atoms with Gasteiger partial charge in [-0.2, -0.15) is 0 Å². The number of rotatable bonds is 9. The molecular formula is C29H34ClN7O4. The Labute approximate surface area is 243 Å². The molecule has 1 aromatic carbocycles. The van der Waals surface area contributed by atoms with Gasteiger partial charge in [0.2, 0.25) is 11.9 Å². The summed E-state index contributed by atoms with van der Waals surface area (Å²) in [5.74, 6) is 0.440. The van der Waals surface area contributed by atoms with Crippen molar-refractivity contribution in [3.8, 4) is 11.3 Å². The molecule has 41 heavy (non-hydrogen) atoms. The number of carbonyl (C=O) groups excluding carboxylic acids is 2. The molecule has 2 amide bonds. The van der Waals surface area contributed by atoms with Crippen LogP contribution in [0.1, 0.15) is 53.8 Å². The van der Waals surface area contributed by atoms with Crippen molar-refractivity contribution >= 4 is 35.2 Å². The van der Waals surface area contributed by atoms with Gasteiger partial charge in [-0.05, 0) is 49.9 Å². The molecule has 4 atom stereocenters. The molecule has 4 N–H and O–H groups in total. The van der Waals surface area contributed by atoms with E-state index in [1.165, 1.54) is 11.1 Å². The number of benzene rings is 1. The predicted molar refractivity (Wildman–Crippen MR) is 156 cm³/mol. The summed E-state index contributed by atoms with van der Waals surface area (Å²) in [6.45, 7) is 1.60. The topological polar surface area (TPSA) is 144 Å². The summed E-state index contributed by atoms with van der Waals surface area (Å²) in [5.41, 5.74) is 2.94. The van der Waals surface area contributed by atoms with Crippen LogP contribution in [0.2, 0.25) is 5.02 Å². The fourth-order valence-corrected chi connectivity index (χ4v) is 5.42. The lowest BCUT2D eigenvalue weighted by Crippen LogP contribution is -2.47. The number of halogens is 1. The molecule has 1 saturated carbocycles. The molecule has 12 heteroatoms. The zero-order chi connectivity index (χ0) is 29.3. The minimum atomic E-state index is -0.787. The minimum Gasteiger partial charge on any atom is -0.394 e. The maximum Gasteiger partial charge on any atom is 0.255 e. The SMILES string of the molecule is CC(C(=O)NC(CO)c1cccc(N(C)C)n1)N1Cc2ccc(-c3nc(N[C@@H]4CC[C@@H](O)C4)ncc3Cl)cc2C1=O. The van der Waals surface area contributed by atoms with E-state index < -0.39 is 18.0 Å². The summed E-state index contributed by atoms with van der Waals surface area (Å²) in [7, 11) is 3.72. The molecule has 2 aromatic heterocycles. The van der Waals surface area contributed by atoms with Crippen LogP contribution in [-0.4, -0.2) is 80.8 Å². The maximum atomic E-state index is 13.5. The standard InChI is InChI=1S/C29H34ClN7O4/c1-16(27(40)34-24(15-38)23-5-4-6-25(33-23)36(2)3)37-14-18-8-7-17(11-21(18)28(37)41)26-22(30)13-31-29(35-26)32-19-9-10-20(39)12-19/h4-8,11,13,16,19-20,24,38-39H,9-10,12,14-15H2,1-3H3,(H,34,40)(H,31,32,35)/t16?,19-,20-,24?/m1/s1. The second-order valence-corrected chi connectivity index (χ2v) is 11.1. The Morgan fingerprint density at radius 2 is 2.02 bits per heavy atom. The van der Waals surface area contributed by atoms with Crippen molar-refractivity contribution in [3.63, 3.8) is 0 Å². The molecule has 5 rings (SSSR count). The number of hydrogen-bond donors (Lipinski definition) is 4. The van der Waals surface area contributed by atoms with E-state index in [-0.39, 0.29) is 31.2 Å². The zero-order valence-electron chi connectivity index (χ0n) is 23.2. The maximum absolute atomic E-state index is 13.5. The number of aliphatic hydroxyl groups is 2. The van der Waals surface area contributed by atoms with E-state index >= 15 is 0 Å². The van der Waals surface area contributed by atoms with Crippen LogP contribution in [0.25, 0.3) is 11.3 Å². The van der Waals surface area contributed by atoms with Gasteiger partial charge in [-0.15, -0.1) is 0 Å². The average Bonchev–Trinajstić information content (AvgIpc) is 3.53. The van der Waals surface area contributed by atoms with Gasteiger partial charge < -0.3 is 30.6 Å². The summed E-state index contributed by atoms with van der Waals surface area (Å²) in [5, 5.41) is 26.2. The van der Waals surface area contributed by atoms with Crippen LogP contribution in [-0.2, 0) is 11.3 Å². The lowest BCUT2D eigenvalue weighted by atomic mass is 10.0. The first kappa shape index (κ1) is 28.7. The smallest absolute Gasteiger partial charge is 0.255 e. The molecular weight excluding hydrogens is 546 g/mol. The van der Waals surface area contributed by atoms with E-state index in [9.17, 15) is 19.8 Å². The van der Waals surface area contributed by atoms with Crippen molar-refractivity contribution in [3.05, 3.63) is 64.4 Å². The number of nitrogens with one attached hydrogen (secondary N) is 2. The van der Waals surface area contributed by atoms with E-state index in [0.717, 1.165) is 18.4 Å². The number of carbonyl (C=O) groups is 2. The Hall–Kier alpha value is -3.80. The zero-order valence-corrected chi connectivity index (χ0v) is 24.0. The highest BCUT2D eigenvalue weighted by Crippen LogP contribution is 2.33. The van der Waals surface area contributed by atoms with E-state index in [1.54, 1.807) is 19.1 Å². The molecule has 0 bridgehead atoms. The second-order valence-electron chi connectivity index (χ2n) is 10.7. The molecule has 2 aliphatic rings. The molecule has 1 fully saturated rings. The quantitative estimate of drug-likeness (QED) is 0.301. The third-order valence-corrected chi connectivity index (χ3v) is 7.89. The summed E-state index contributed by atoms with van der Waals surface area (Å²) < 4.78 is 0. The van der Waals surface area contributed by atoms with Crippen molar-refractivity contribution in [2.45, 2.75) is 57.0 Å². The number of aromatic nitrogens is 3. The highest BCUT2D eigenvalue weighted by atomic mass is 35.5. The minimum absolute atomic E-state index is 0.0833. The number of amides is 2. The highest BCUT2D eigenvalue weighted by Gasteiger charge is 2.35. The fourth-order valence-electron chi connectivity index (χ4n) is 5.22. The van der Waals surface area contributed by atoms with Crippen molar-refractivity contribution in [1.29, 1.82) is 0 Å². The van der Waals surface area contributed by atoms with Gasteiger partial charge in [0.1, 0.15) is 11.9 Å². The monoisotopic (exact) mass is 579 g/mol. The normalized spacial score (nSPS) is 19.6. The van der Waals surface area contributed by atoms with Crippen LogP contribution < -0.4 is 15.5 Å². The number of hydrogen-bond acceptors (Lipinski definition) is 9. The van der Waals surface area contributed by atoms with Crippen molar-refractivity contribution < 1.29 is 19.8 Å². The van der Waals surface area contributed by atoms with E-state index in [2.05, 4.69) is 25.6 Å². The predicted octanol–water partition coefficient (Wildman–Crippen LogP) is 2.78. The lowest BCUT2D eigenvalue weighted by Gasteiger charge is -2.26. The van der Waals surface area contributed by atoms with Crippen LogP contribution in [0, 0.1) is 0 Å². The number of anilines is 2. The van der Waals surface area contributed by atoms with Gasteiger partial charge in [0.25, 0.3) is 5.91 Å². The number of pyridine rings is 1. The van der Waals surface area contributed by atoms with Gasteiger partial charge in [0.05, 0.1) is 41.4 Å². The summed E-state index contributed by atoms with van der Waals surface area (Å²) >= 11 is 6.45. The number of nitrogens with zero attached hydrogens (tertiary/aromatic N) is 5. The Balaban J connectivity index is 1.30. The van der Waals surface area contributed by atoms with E-state index in [0.29, 0.717) is 45.7 Å². The Bertz CT molecular complexity index is 1450. The molecule has 3 aromatic rings. The largest absolute Gasteiger partial charge is 0.394 e. The molecule has 1 aliphatic heterocycles. The molecule has 0 saturated heterocycles. The molecule has 216 valence electrons. The van der Waals surface area contributed by atoms with Crippen LogP contribution in [0.3, 0.4) is 0 Å². The first-order chi connectivity index (χ1) is 19.6. The number of aliphatic hydroxyl groups excluding tert-OH is 2. The third kappa shape index (κ3) is 6.12. The van der Waals surface area contributed by atoms with E-state index in [4.69, 9.17) is 11.6 Å². The Morgan fingerprint density at radius 3 is 2.73 bits per heavy atom. The molecule has 0 spiro atoms. The van der Waals surface area contributed by atoms with Gasteiger partial charge >= 0.3 is 0 Å². The van der Waals surface area contributed by atoms with E-state index in [1.807, 2.05) is 43.3 Å². The summed E-state index contributed by atoms with van der Waals surface area (Å²) in [4.78, 5) is 43.4. The van der Waals surface area contributed by atoms with Crippen molar-refractivity contribution in [2.75, 3.05) is 30.9 Å². The van der Waals surface area contributed by atoms with Crippen LogP contribution in [0.15, 0.2) is 42.6 Å². The molecule has 2 unspecified atom stereocenters. The third-order valence-electron chi connectivity index (χ3n) is 7.61. The summed E-state index contributed by atoms with van der Waals surface area (Å²) in [6.07, 6.45) is 3.39. The molecule has 11 nitrogen and oxygen atoms in total. The number of fused-ring (bicyclic) bond motifs is 1. The average molecular weight is 580 g/mol. The summed E-state index contributed by atoms with van der Waals surface area (Å²) in [6, 6.07) is 9.42. The van der Waals surface area contributed by atoms with Gasteiger partial charge in [0, 0.05) is 37.8 Å². The van der Waals surface area contributed by atoms with Gasteiger partial charge in [0.15, 0.2) is 0 Å². The van der Waals surface area contributed by atoms with Crippen molar-refractivity contribution in [1.82, 2.24) is 25.2 Å². The van der Waals surface area contributed by atoms with Gasteiger partial charge in [-0.25, -0.2) is 15.0 Å². The van der Waals surface area contributed by atoms with Crippen LogP contribution in [0.4, 0.5) is 11.8 Å².